The SMILES string of the molecule is CCC(OC(C)=O)/C(OC(O)/C(O)=C(/O)C(C)O)=C(/O)C(O)OC(CC)C(O)C(CO)(OC(=O)[C@]12CCC(C)(C)CC1C1=CCC3[C@@]4(C)CC[C@H](OC(O)C(OC(O)/C(O)=C(/O)C(O)CCO)C(OC(O)C(O)C(O)C(C)O)C(O)CC(=O)O)[C@@](C)(/C=N/NC(=O)CCOCCOCCOCCOCCN=[N+]=[N-])C4CC[C@@]3(C)[C@]1(C)C[C@H]2O)OC1OC(C)C(OC(O)/C(O)=C(/OC(O)/C(O)=C(/O)C(O)CCO)C(C)O)C(O)C1O. The predicted molar refractivity (Wildman–Crippen MR) is 504 cm³/mol. The van der Waals surface area contributed by atoms with Crippen LogP contribution < -0.4 is 5.43 Å². The summed E-state index contributed by atoms with van der Waals surface area (Å²) < 4.78 is 85.8. The van der Waals surface area contributed by atoms with Crippen molar-refractivity contribution in [1.82, 2.24) is 5.43 Å². The Labute approximate surface area is 858 Å². The summed E-state index contributed by atoms with van der Waals surface area (Å²) in [6.45, 7) is 16.5. The molecular weight excluding hydrogens is 2000 g/mol. The van der Waals surface area contributed by atoms with E-state index in [1.807, 2.05) is 40.7 Å². The first-order chi connectivity index (χ1) is 69.7. The number of aliphatic carboxylic acids is 1. The molecule has 1 aliphatic heterocycles. The summed E-state index contributed by atoms with van der Waals surface area (Å²) in [6.07, 6.45) is -64.1. The van der Waals surface area contributed by atoms with E-state index in [4.69, 9.17) is 76.6 Å². The highest BCUT2D eigenvalue weighted by Crippen LogP contribution is 2.76. The number of ether oxygens (including phenoxy) is 15. The number of aliphatic hydroxyl groups excluding tert-OH is 30. The molecule has 55 nitrogen and oxygen atoms in total. The van der Waals surface area contributed by atoms with Crippen LogP contribution in [-0.4, -0.2) is 440 Å². The minimum atomic E-state index is -3.53. The monoisotopic (exact) mass is 2160 g/mol. The lowest BCUT2D eigenvalue weighted by molar-refractivity contribution is -0.396. The fourth-order valence-electron chi connectivity index (χ4n) is 20.8. The molecule has 5 aliphatic carbocycles. The highest BCUT2D eigenvalue weighted by atomic mass is 16.8. The zero-order valence-electron chi connectivity index (χ0n) is 85.5. The summed E-state index contributed by atoms with van der Waals surface area (Å²) in [6, 6.07) is 0. The van der Waals surface area contributed by atoms with E-state index in [1.165, 1.54) is 20.1 Å². The van der Waals surface area contributed by atoms with Crippen LogP contribution in [0.2, 0.25) is 0 Å². The fourth-order valence-corrected chi connectivity index (χ4v) is 20.8. The molecule has 29 unspecified atom stereocenters. The van der Waals surface area contributed by atoms with Crippen LogP contribution in [-0.2, 0) is 90.2 Å². The molecule has 6 aliphatic rings. The molecular formula is C94H157N5O50. The highest BCUT2D eigenvalue weighted by molar-refractivity contribution is 5.80. The fraction of sp³-hybridized carbons (Fsp3) is 0.819. The molecule has 5 fully saturated rings. The molecule has 0 aromatic heterocycles. The normalized spacial score (nSPS) is 30.8. The third kappa shape index (κ3) is 31.7. The second kappa shape index (κ2) is 57.4. The van der Waals surface area contributed by atoms with Crippen molar-refractivity contribution >= 4 is 30.0 Å². The molecule has 1 heterocycles. The number of carboxylic acid groups (broad SMARTS) is 1. The van der Waals surface area contributed by atoms with Crippen LogP contribution in [0.5, 0.6) is 0 Å². The zero-order valence-corrected chi connectivity index (χ0v) is 85.5. The van der Waals surface area contributed by atoms with Crippen molar-refractivity contribution in [2.24, 2.45) is 60.5 Å². The van der Waals surface area contributed by atoms with Gasteiger partial charge < -0.3 is 229 Å². The summed E-state index contributed by atoms with van der Waals surface area (Å²) in [4.78, 5) is 58.2. The van der Waals surface area contributed by atoms with Crippen LogP contribution in [0.15, 0.2) is 79.5 Å². The predicted octanol–water partition coefficient (Wildman–Crippen LogP) is -1.67. The Kier molecular flexibility index (Phi) is 50.0. The minimum absolute atomic E-state index is 0.0275. The van der Waals surface area contributed by atoms with Gasteiger partial charge in [-0.05, 0) is 143 Å². The number of hydrazone groups is 1. The number of nitrogens with one attached hydrogen (secondary N) is 1. The van der Waals surface area contributed by atoms with E-state index in [0.29, 0.717) is 5.57 Å². The first kappa shape index (κ1) is 130. The van der Waals surface area contributed by atoms with Crippen molar-refractivity contribution in [3.05, 3.63) is 79.7 Å². The van der Waals surface area contributed by atoms with Gasteiger partial charge in [0.1, 0.15) is 85.3 Å². The number of nitrogens with zero attached hydrogens (tertiary/aromatic N) is 4. The lowest BCUT2D eigenvalue weighted by atomic mass is 9.33. The van der Waals surface area contributed by atoms with Gasteiger partial charge in [0.25, 0.3) is 18.4 Å². The van der Waals surface area contributed by atoms with Crippen LogP contribution in [0.25, 0.3) is 10.4 Å². The smallest absolute Gasteiger partial charge is 0.318 e. The number of allylic oxidation sites excluding steroid dienone is 2. The van der Waals surface area contributed by atoms with Gasteiger partial charge in [0.15, 0.2) is 71.0 Å². The van der Waals surface area contributed by atoms with Crippen molar-refractivity contribution in [1.29, 1.82) is 0 Å². The second-order valence-electron chi connectivity index (χ2n) is 39.8. The first-order valence-corrected chi connectivity index (χ1v) is 49.1. The Balaban J connectivity index is 1.51. The van der Waals surface area contributed by atoms with E-state index in [0.717, 1.165) is 34.6 Å². The molecule has 0 aromatic carbocycles. The average molecular weight is 2160 g/mol. The number of carboxylic acids is 1. The van der Waals surface area contributed by atoms with Gasteiger partial charge in [0.05, 0.1) is 102 Å². The Bertz CT molecular complexity index is 4540. The number of rotatable bonds is 63. The maximum atomic E-state index is 16.8. The molecule has 1 saturated heterocycles. The number of fused-ring (bicyclic) bond motifs is 7. The van der Waals surface area contributed by atoms with Gasteiger partial charge in [-0.25, -0.2) is 5.43 Å². The molecule has 4 saturated carbocycles. The van der Waals surface area contributed by atoms with E-state index in [2.05, 4.69) is 20.6 Å². The number of carbonyl (C=O) groups excluding carboxylic acids is 3. The Morgan fingerprint density at radius 3 is 1.67 bits per heavy atom. The third-order valence-electron chi connectivity index (χ3n) is 29.1. The number of hydrogen-bond donors (Lipinski definition) is 32. The molecule has 32 N–H and O–H groups in total. The molecule has 1 amide bonds. The van der Waals surface area contributed by atoms with Crippen LogP contribution in [0, 0.1) is 50.2 Å². The average Bonchev–Trinajstić information content (AvgIpc) is 0.667. The molecule has 55 heteroatoms. The van der Waals surface area contributed by atoms with Gasteiger partial charge in [-0.2, -0.15) is 5.10 Å². The quantitative estimate of drug-likeness (QED) is 0.00309. The van der Waals surface area contributed by atoms with Crippen molar-refractivity contribution < 1.29 is 249 Å². The Hall–Kier alpha value is -8.02. The Morgan fingerprint density at radius 1 is 0.591 bits per heavy atom. The molecule has 36 atom stereocenters. The molecule has 6 rings (SSSR count). The van der Waals surface area contributed by atoms with Gasteiger partial charge in [-0.1, -0.05) is 72.2 Å². The second-order valence-corrected chi connectivity index (χ2v) is 39.8. The van der Waals surface area contributed by atoms with Crippen LogP contribution in [0.3, 0.4) is 0 Å². The van der Waals surface area contributed by atoms with Gasteiger partial charge in [0.2, 0.25) is 36.3 Å². The van der Waals surface area contributed by atoms with Crippen molar-refractivity contribution in [2.75, 3.05) is 79.2 Å². The van der Waals surface area contributed by atoms with Gasteiger partial charge in [-0.3, -0.25) is 19.2 Å². The first-order valence-electron chi connectivity index (χ1n) is 49.1. The van der Waals surface area contributed by atoms with E-state index >= 15 is 4.79 Å². The molecule has 858 valence electrons. The number of hydrogen-bond acceptors (Lipinski definition) is 51. The highest BCUT2D eigenvalue weighted by Gasteiger charge is 2.73. The molecule has 0 bridgehead atoms. The molecule has 149 heavy (non-hydrogen) atoms. The van der Waals surface area contributed by atoms with Gasteiger partial charge >= 0.3 is 17.9 Å². The summed E-state index contributed by atoms with van der Waals surface area (Å²) in [5, 5.41) is 353. The summed E-state index contributed by atoms with van der Waals surface area (Å²) in [5.41, 5.74) is 3.73. The van der Waals surface area contributed by atoms with Gasteiger partial charge in [-0.15, -0.1) is 0 Å². The van der Waals surface area contributed by atoms with Crippen molar-refractivity contribution in [2.45, 2.75) is 358 Å². The van der Waals surface area contributed by atoms with Crippen molar-refractivity contribution in [3.63, 3.8) is 0 Å². The molecule has 0 radical (unpaired) electrons. The number of amides is 1. The maximum Gasteiger partial charge on any atom is 0.318 e. The summed E-state index contributed by atoms with van der Waals surface area (Å²) >= 11 is 0. The maximum absolute atomic E-state index is 16.8. The van der Waals surface area contributed by atoms with Crippen molar-refractivity contribution in [3.8, 4) is 0 Å². The minimum Gasteiger partial charge on any atom is -0.506 e. The lowest BCUT2D eigenvalue weighted by Crippen LogP contribution is -2.69. The largest absolute Gasteiger partial charge is 0.506 e. The van der Waals surface area contributed by atoms with Crippen LogP contribution in [0.4, 0.5) is 0 Å². The van der Waals surface area contributed by atoms with E-state index in [9.17, 15) is 173 Å². The number of azide groups is 1. The lowest BCUT2D eigenvalue weighted by Gasteiger charge is -2.71. The molecule has 0 spiro atoms. The molecule has 0 aromatic rings. The van der Waals surface area contributed by atoms with E-state index in [1.54, 1.807) is 6.92 Å². The topological polar surface area (TPSA) is 907 Å². The van der Waals surface area contributed by atoms with E-state index < -0.39 is 349 Å². The Morgan fingerprint density at radius 2 is 1.14 bits per heavy atom. The number of carbonyl (C=O) groups is 4. The zero-order chi connectivity index (χ0) is 112. The van der Waals surface area contributed by atoms with Gasteiger partial charge in [0, 0.05) is 56.1 Å². The summed E-state index contributed by atoms with van der Waals surface area (Å²) in [7, 11) is 0. The third-order valence-corrected chi connectivity index (χ3v) is 29.1. The summed E-state index contributed by atoms with van der Waals surface area (Å²) in [5.74, 6) is -24.9. The number of esters is 2. The standard InChI is InChI=1S/C94H157N5O50/c1-14-53(140-47(7)106)76(146-80(128)67(120)62(115)44(4)104)72(125)83(131)141-54(15-2)78(126)94(42-102,148-86-70(123)65(118)74(46(6)139-86)144-84(132)71(124)73(45(5)105)143-81(129)68(121)63(116)50(107)20-28-100)149-87(134)93-26-25-88(8,9)39-49(93)48-16-17-56-89(10)23-19-58(142-85(133)77(147-82(130)69(122)64(117)51(108)21-29-101)75(52(109)38-60(112)113)145-79(127)66(119)61(114)43(3)103)90(11,55(89)18-24-91(56,12)92(48,13)40-57(93)110)41-97-98-59(111)22-30-135-32-34-137-36-37-138-35-33-136-31-27-96-99-95/h16,41,43-46,49-58,61,65-66,70,74-75,77-86,100-105,107-110,114-133H,14-15,17-40,42H2,1-13H3,(H,98,111)(H,112,113)/b67-62-,68-63-,69-64-,73-71-,76-72-,97-41+/t43?,44?,45?,46?,49?,50?,51?,52?,53?,54?,55?,56?,57-,58+,61?,65?,66?,70?,74?,75?,77?,78?,79?,80?,81?,82?,83?,84?,85?,86?,89+,90+,91-,92-,93-,94?/m1/s1. The van der Waals surface area contributed by atoms with Crippen LogP contribution in [0.1, 0.15) is 186 Å². The van der Waals surface area contributed by atoms with E-state index in [-0.39, 0.29) is 130 Å². The van der Waals surface area contributed by atoms with Crippen LogP contribution >= 0.6 is 0 Å². The number of aliphatic hydroxyl groups is 30.